The standard InChI is InChI=1S/C22H18OS.C10H8.C7H14/c1-2-23-21-13-14-22(20-10-6-5-9-19(20)21)24-18-12-11-16-7-3-4-8-17(16)15-18;1-2-6-10-8-4-3-7-9(10)5-1;1-7-5-3-2-4-6-7/h3-15H,2H2,1H3;1-8H;7H,2-6H2,1H3/p+1. The number of hydrogen-bond donors (Lipinski definition) is 0. The average molecular weight is 558 g/mol. The Morgan fingerprint density at radius 2 is 1.12 bits per heavy atom. The van der Waals surface area contributed by atoms with Gasteiger partial charge in [0.2, 0.25) is 0 Å². The lowest BCUT2D eigenvalue weighted by Crippen LogP contribution is -1.99. The van der Waals surface area contributed by atoms with Crippen molar-refractivity contribution in [1.82, 2.24) is 0 Å². The lowest BCUT2D eigenvalue weighted by atomic mass is 9.91. The van der Waals surface area contributed by atoms with Gasteiger partial charge in [-0.05, 0) is 64.7 Å². The van der Waals surface area contributed by atoms with Crippen LogP contribution in [0.15, 0.2) is 137 Å². The van der Waals surface area contributed by atoms with Crippen LogP contribution in [-0.2, 0) is 11.8 Å². The molecule has 0 bridgehead atoms. The molecule has 1 saturated carbocycles. The van der Waals surface area contributed by atoms with Crippen LogP contribution in [-0.4, -0.2) is 6.61 Å². The zero-order valence-corrected chi connectivity index (χ0v) is 25.2. The van der Waals surface area contributed by atoms with Gasteiger partial charge >= 0.3 is 0 Å². The SMILES string of the molecule is CC1CCCCC1.CCOc1ccc([SH+]c2ccc3ccccc3c2)c2ccccc12.c1ccc2ccccc2c1. The molecule has 0 radical (unpaired) electrons. The highest BCUT2D eigenvalue weighted by Crippen LogP contribution is 2.31. The molecule has 1 aliphatic rings. The van der Waals surface area contributed by atoms with E-state index in [0.29, 0.717) is 6.61 Å². The molecular weight excluding hydrogens is 516 g/mol. The minimum absolute atomic E-state index is 0.686. The minimum atomic E-state index is 0.686. The molecule has 208 valence electrons. The Bertz CT molecular complexity index is 1620. The largest absolute Gasteiger partial charge is 0.493 e. The highest BCUT2D eigenvalue weighted by atomic mass is 32.2. The maximum atomic E-state index is 5.78. The summed E-state index contributed by atoms with van der Waals surface area (Å²) in [6.45, 7) is 5.07. The predicted octanol–water partition coefficient (Wildman–Crippen LogP) is 11.1. The zero-order valence-electron chi connectivity index (χ0n) is 24.3. The van der Waals surface area contributed by atoms with Crippen molar-refractivity contribution in [3.63, 3.8) is 0 Å². The van der Waals surface area contributed by atoms with Crippen molar-refractivity contribution < 1.29 is 4.74 Å². The van der Waals surface area contributed by atoms with E-state index in [9.17, 15) is 0 Å². The van der Waals surface area contributed by atoms with Crippen molar-refractivity contribution >= 4 is 44.1 Å². The van der Waals surface area contributed by atoms with E-state index in [1.165, 1.54) is 86.0 Å². The van der Waals surface area contributed by atoms with Crippen LogP contribution in [0.3, 0.4) is 0 Å². The van der Waals surface area contributed by atoms with E-state index in [1.54, 1.807) is 0 Å². The Morgan fingerprint density at radius 1 is 0.585 bits per heavy atom. The number of thiol groups is 1. The van der Waals surface area contributed by atoms with E-state index in [-0.39, 0.29) is 0 Å². The summed E-state index contributed by atoms with van der Waals surface area (Å²) in [6, 6.07) is 44.7. The first-order valence-corrected chi connectivity index (χ1v) is 15.9. The predicted molar refractivity (Wildman–Crippen MR) is 181 cm³/mol. The summed E-state index contributed by atoms with van der Waals surface area (Å²) < 4.78 is 5.78. The molecule has 6 aromatic rings. The molecule has 1 aliphatic carbocycles. The molecule has 7 rings (SSSR count). The summed E-state index contributed by atoms with van der Waals surface area (Å²) >= 11 is 1.22. The van der Waals surface area contributed by atoms with Crippen molar-refractivity contribution in [3.8, 4) is 5.75 Å². The van der Waals surface area contributed by atoms with E-state index >= 15 is 0 Å². The van der Waals surface area contributed by atoms with Crippen molar-refractivity contribution in [3.05, 3.63) is 127 Å². The highest BCUT2D eigenvalue weighted by molar-refractivity contribution is 7.79. The first kappa shape index (κ1) is 28.8. The third-order valence-corrected chi connectivity index (χ3v) is 8.86. The summed E-state index contributed by atoms with van der Waals surface area (Å²) in [6.07, 6.45) is 7.44. The third kappa shape index (κ3) is 7.93. The van der Waals surface area contributed by atoms with Crippen LogP contribution >= 0.6 is 0 Å². The minimum Gasteiger partial charge on any atom is -0.493 e. The number of rotatable bonds is 4. The fraction of sp³-hybridized carbons (Fsp3) is 0.231. The van der Waals surface area contributed by atoms with Gasteiger partial charge in [0.1, 0.15) is 5.75 Å². The van der Waals surface area contributed by atoms with Gasteiger partial charge < -0.3 is 4.74 Å². The Kier molecular flexibility index (Phi) is 10.4. The molecule has 41 heavy (non-hydrogen) atoms. The van der Waals surface area contributed by atoms with Crippen molar-refractivity contribution in [2.45, 2.75) is 55.7 Å². The van der Waals surface area contributed by atoms with E-state index in [2.05, 4.69) is 134 Å². The van der Waals surface area contributed by atoms with Crippen LogP contribution in [0.4, 0.5) is 0 Å². The number of fused-ring (bicyclic) bond motifs is 3. The Morgan fingerprint density at radius 3 is 1.68 bits per heavy atom. The van der Waals surface area contributed by atoms with Gasteiger partial charge in [-0.3, -0.25) is 0 Å². The highest BCUT2D eigenvalue weighted by Gasteiger charge is 2.14. The van der Waals surface area contributed by atoms with Gasteiger partial charge in [0.15, 0.2) is 9.79 Å². The monoisotopic (exact) mass is 557 g/mol. The summed E-state index contributed by atoms with van der Waals surface area (Å²) in [5.41, 5.74) is 0. The molecule has 0 unspecified atom stereocenters. The molecule has 0 aliphatic heterocycles. The number of hydrogen-bond acceptors (Lipinski definition) is 1. The van der Waals surface area contributed by atoms with E-state index < -0.39 is 0 Å². The van der Waals surface area contributed by atoms with Crippen molar-refractivity contribution in [2.24, 2.45) is 5.92 Å². The van der Waals surface area contributed by atoms with Gasteiger partial charge in [-0.2, -0.15) is 0 Å². The summed E-state index contributed by atoms with van der Waals surface area (Å²) in [5.74, 6) is 2.00. The molecule has 0 amide bonds. The van der Waals surface area contributed by atoms with Crippen molar-refractivity contribution in [2.75, 3.05) is 6.61 Å². The summed E-state index contributed by atoms with van der Waals surface area (Å²) in [7, 11) is 0. The van der Waals surface area contributed by atoms with Gasteiger partial charge in [-0.25, -0.2) is 0 Å². The van der Waals surface area contributed by atoms with Crippen LogP contribution < -0.4 is 4.74 Å². The molecule has 0 saturated heterocycles. The second-order valence-electron chi connectivity index (χ2n) is 10.8. The van der Waals surface area contributed by atoms with Gasteiger partial charge in [-0.1, -0.05) is 130 Å². The van der Waals surface area contributed by atoms with Crippen LogP contribution in [0.1, 0.15) is 46.0 Å². The first-order valence-electron chi connectivity index (χ1n) is 15.0. The molecule has 6 aromatic carbocycles. The van der Waals surface area contributed by atoms with Gasteiger partial charge in [0.25, 0.3) is 0 Å². The van der Waals surface area contributed by atoms with E-state index in [1.807, 2.05) is 6.92 Å². The molecule has 1 fully saturated rings. The molecule has 0 heterocycles. The Balaban J connectivity index is 0.000000161. The van der Waals surface area contributed by atoms with E-state index in [4.69, 9.17) is 4.74 Å². The molecule has 2 heteroatoms. The molecule has 1 nitrogen and oxygen atoms in total. The smallest absolute Gasteiger partial charge is 0.166 e. The van der Waals surface area contributed by atoms with Crippen LogP contribution in [0.25, 0.3) is 32.3 Å². The lowest BCUT2D eigenvalue weighted by molar-refractivity contribution is 0.344. The third-order valence-electron chi connectivity index (χ3n) is 7.70. The zero-order chi connectivity index (χ0) is 28.3. The van der Waals surface area contributed by atoms with Crippen LogP contribution in [0.5, 0.6) is 5.75 Å². The molecule has 0 N–H and O–H groups in total. The Hall–Kier alpha value is -3.75. The Labute approximate surface area is 249 Å². The quantitative estimate of drug-likeness (QED) is 0.155. The molecular formula is C39H41OS+. The maximum absolute atomic E-state index is 5.78. The number of benzene rings is 6. The molecule has 0 aromatic heterocycles. The van der Waals surface area contributed by atoms with Crippen LogP contribution in [0, 0.1) is 5.92 Å². The number of ether oxygens (including phenoxy) is 1. The molecule has 0 atom stereocenters. The fourth-order valence-electron chi connectivity index (χ4n) is 5.46. The van der Waals surface area contributed by atoms with Gasteiger partial charge in [0.05, 0.1) is 6.61 Å². The average Bonchev–Trinajstić information content (AvgIpc) is 3.03. The fourth-order valence-corrected chi connectivity index (χ4v) is 6.55. The maximum Gasteiger partial charge on any atom is 0.166 e. The van der Waals surface area contributed by atoms with Gasteiger partial charge in [-0.15, -0.1) is 0 Å². The van der Waals surface area contributed by atoms with Gasteiger partial charge in [0, 0.05) is 28.6 Å². The second-order valence-corrected chi connectivity index (χ2v) is 12.0. The lowest BCUT2D eigenvalue weighted by Gasteiger charge is -2.15. The van der Waals surface area contributed by atoms with Crippen molar-refractivity contribution in [1.29, 1.82) is 0 Å². The molecule has 0 spiro atoms. The topological polar surface area (TPSA) is 9.23 Å². The summed E-state index contributed by atoms with van der Waals surface area (Å²) in [4.78, 5) is 2.62. The normalized spacial score (nSPS) is 13.2. The summed E-state index contributed by atoms with van der Waals surface area (Å²) in [5, 5.41) is 7.64. The first-order chi connectivity index (χ1) is 20.2. The second kappa shape index (κ2) is 14.8. The van der Waals surface area contributed by atoms with E-state index in [0.717, 1.165) is 11.7 Å². The van der Waals surface area contributed by atoms with Crippen LogP contribution in [0.2, 0.25) is 0 Å².